The van der Waals surface area contributed by atoms with E-state index in [-0.39, 0.29) is 4.90 Å². The van der Waals surface area contributed by atoms with Crippen LogP contribution in [0.2, 0.25) is 0 Å². The van der Waals surface area contributed by atoms with Crippen molar-refractivity contribution < 1.29 is 13.2 Å². The molecule has 0 saturated carbocycles. The molecule has 1 N–H and O–H groups in total. The highest BCUT2D eigenvalue weighted by atomic mass is 32.2. The van der Waals surface area contributed by atoms with Crippen LogP contribution in [0.4, 0.5) is 5.69 Å². The Morgan fingerprint density at radius 2 is 1.88 bits per heavy atom. The van der Waals surface area contributed by atoms with Crippen molar-refractivity contribution in [1.82, 2.24) is 14.6 Å². The number of pyridine rings is 1. The van der Waals surface area contributed by atoms with E-state index in [2.05, 4.69) is 25.6 Å². The molecule has 1 saturated heterocycles. The normalized spacial score (nSPS) is 15.8. The van der Waals surface area contributed by atoms with Gasteiger partial charge in [-0.2, -0.15) is 0 Å². The van der Waals surface area contributed by atoms with Gasteiger partial charge in [0.2, 0.25) is 10.0 Å². The summed E-state index contributed by atoms with van der Waals surface area (Å²) in [5.74, 6) is 0.880. The van der Waals surface area contributed by atoms with E-state index in [1.165, 1.54) is 6.20 Å². The highest BCUT2D eigenvalue weighted by Crippen LogP contribution is 2.28. The molecule has 7 nitrogen and oxygen atoms in total. The molecule has 1 aliphatic rings. The van der Waals surface area contributed by atoms with Crippen LogP contribution < -0.4 is 14.4 Å². The summed E-state index contributed by atoms with van der Waals surface area (Å²) < 4.78 is 32.5. The van der Waals surface area contributed by atoms with Crippen LogP contribution in [0.1, 0.15) is 0 Å². The van der Waals surface area contributed by atoms with Crippen molar-refractivity contribution in [1.29, 1.82) is 0 Å². The van der Waals surface area contributed by atoms with Gasteiger partial charge >= 0.3 is 0 Å². The predicted molar refractivity (Wildman–Crippen MR) is 101 cm³/mol. The minimum atomic E-state index is -3.49. The molecule has 1 aromatic heterocycles. The van der Waals surface area contributed by atoms with Gasteiger partial charge in [-0.25, -0.2) is 13.1 Å². The number of piperazine rings is 1. The number of para-hydroxylation sites is 2. The molecule has 2 aromatic rings. The zero-order chi connectivity index (χ0) is 18.4. The maximum Gasteiger partial charge on any atom is 0.242 e. The predicted octanol–water partition coefficient (Wildman–Crippen LogP) is 1.19. The molecule has 0 atom stereocenters. The second-order valence-corrected chi connectivity index (χ2v) is 7.85. The number of ether oxygens (including phenoxy) is 1. The highest BCUT2D eigenvalue weighted by Gasteiger charge is 2.20. The largest absolute Gasteiger partial charge is 0.495 e. The molecule has 0 amide bonds. The lowest BCUT2D eigenvalue weighted by Crippen LogP contribution is -2.48. The molecule has 1 fully saturated rings. The van der Waals surface area contributed by atoms with Gasteiger partial charge in [0.15, 0.2) is 0 Å². The summed E-state index contributed by atoms with van der Waals surface area (Å²) in [7, 11) is -1.81. The van der Waals surface area contributed by atoms with Crippen molar-refractivity contribution in [3.8, 4) is 5.75 Å². The molecule has 0 radical (unpaired) electrons. The Balaban J connectivity index is 1.47. The SMILES string of the molecule is COc1ccccc1N1CCN(CCNS(=O)(=O)c2cccnc2)CC1. The zero-order valence-corrected chi connectivity index (χ0v) is 15.7. The average molecular weight is 376 g/mol. The first-order valence-corrected chi connectivity index (χ1v) is 10.1. The molecule has 8 heteroatoms. The first-order chi connectivity index (χ1) is 12.6. The minimum absolute atomic E-state index is 0.195. The fourth-order valence-electron chi connectivity index (χ4n) is 3.03. The lowest BCUT2D eigenvalue weighted by molar-refractivity contribution is 0.261. The van der Waals surface area contributed by atoms with Crippen LogP contribution in [0.15, 0.2) is 53.7 Å². The van der Waals surface area contributed by atoms with E-state index in [4.69, 9.17) is 4.74 Å². The lowest BCUT2D eigenvalue weighted by atomic mass is 10.2. The first-order valence-electron chi connectivity index (χ1n) is 8.60. The summed E-state index contributed by atoms with van der Waals surface area (Å²) in [5, 5.41) is 0. The van der Waals surface area contributed by atoms with Crippen LogP contribution in [0.3, 0.4) is 0 Å². The summed E-state index contributed by atoms with van der Waals surface area (Å²) in [6, 6.07) is 11.2. The van der Waals surface area contributed by atoms with Gasteiger partial charge in [0.05, 0.1) is 12.8 Å². The van der Waals surface area contributed by atoms with Crippen molar-refractivity contribution in [2.24, 2.45) is 0 Å². The number of nitrogens with one attached hydrogen (secondary N) is 1. The molecule has 1 aliphatic heterocycles. The van der Waals surface area contributed by atoms with Crippen molar-refractivity contribution in [2.45, 2.75) is 4.90 Å². The molecule has 3 rings (SSSR count). The zero-order valence-electron chi connectivity index (χ0n) is 14.8. The number of hydrogen-bond acceptors (Lipinski definition) is 6. The number of rotatable bonds is 7. The van der Waals surface area contributed by atoms with E-state index in [0.29, 0.717) is 13.1 Å². The molecule has 140 valence electrons. The van der Waals surface area contributed by atoms with Crippen LogP contribution >= 0.6 is 0 Å². The average Bonchev–Trinajstić information content (AvgIpc) is 2.69. The number of sulfonamides is 1. The van der Waals surface area contributed by atoms with Gasteiger partial charge in [-0.05, 0) is 24.3 Å². The van der Waals surface area contributed by atoms with Crippen LogP contribution in [-0.4, -0.2) is 64.7 Å². The van der Waals surface area contributed by atoms with Crippen molar-refractivity contribution in [3.05, 3.63) is 48.8 Å². The molecule has 26 heavy (non-hydrogen) atoms. The van der Waals surface area contributed by atoms with E-state index >= 15 is 0 Å². The van der Waals surface area contributed by atoms with Crippen LogP contribution in [0, 0.1) is 0 Å². The van der Waals surface area contributed by atoms with Crippen molar-refractivity contribution in [2.75, 3.05) is 51.3 Å². The van der Waals surface area contributed by atoms with Crippen LogP contribution in [-0.2, 0) is 10.0 Å². The number of hydrogen-bond donors (Lipinski definition) is 1. The van der Waals surface area contributed by atoms with E-state index in [0.717, 1.165) is 37.6 Å². The van der Waals surface area contributed by atoms with E-state index < -0.39 is 10.0 Å². The summed E-state index contributed by atoms with van der Waals surface area (Å²) in [4.78, 5) is 8.61. The molecule has 0 aliphatic carbocycles. The van der Waals surface area contributed by atoms with Crippen molar-refractivity contribution >= 4 is 15.7 Å². The third-order valence-electron chi connectivity index (χ3n) is 4.46. The molecular weight excluding hydrogens is 352 g/mol. The molecule has 0 spiro atoms. The van der Waals surface area contributed by atoms with Gasteiger partial charge in [0.25, 0.3) is 0 Å². The standard InChI is InChI=1S/C18H24N4O3S/c1-25-18-7-3-2-6-17(18)22-13-11-21(12-14-22)10-9-20-26(23,24)16-5-4-8-19-15-16/h2-8,15,20H,9-14H2,1H3. The monoisotopic (exact) mass is 376 g/mol. The molecule has 0 bridgehead atoms. The Kier molecular flexibility index (Phi) is 6.08. The highest BCUT2D eigenvalue weighted by molar-refractivity contribution is 7.89. The fraction of sp³-hybridized carbons (Fsp3) is 0.389. The van der Waals surface area contributed by atoms with E-state index in [1.54, 1.807) is 25.4 Å². The Labute approximate surface area is 154 Å². The van der Waals surface area contributed by atoms with Gasteiger partial charge < -0.3 is 9.64 Å². The summed E-state index contributed by atoms with van der Waals surface area (Å²) in [5.41, 5.74) is 1.10. The Bertz CT molecular complexity index is 806. The van der Waals surface area contributed by atoms with Gasteiger partial charge in [0, 0.05) is 51.7 Å². The van der Waals surface area contributed by atoms with Gasteiger partial charge in [-0.3, -0.25) is 9.88 Å². The number of anilines is 1. The smallest absolute Gasteiger partial charge is 0.242 e. The van der Waals surface area contributed by atoms with E-state index in [1.807, 2.05) is 18.2 Å². The second kappa shape index (κ2) is 8.48. The fourth-order valence-corrected chi connectivity index (χ4v) is 4.01. The second-order valence-electron chi connectivity index (χ2n) is 6.09. The van der Waals surface area contributed by atoms with Crippen LogP contribution in [0.25, 0.3) is 0 Å². The van der Waals surface area contributed by atoms with Gasteiger partial charge in [0.1, 0.15) is 10.6 Å². The maximum absolute atomic E-state index is 12.2. The topological polar surface area (TPSA) is 74.8 Å². The first kappa shape index (κ1) is 18.6. The quantitative estimate of drug-likeness (QED) is 0.782. The molecule has 2 heterocycles. The Morgan fingerprint density at radius 1 is 1.12 bits per heavy atom. The summed E-state index contributed by atoms with van der Waals surface area (Å²) >= 11 is 0. The lowest BCUT2D eigenvalue weighted by Gasteiger charge is -2.36. The summed E-state index contributed by atoms with van der Waals surface area (Å²) in [6.07, 6.45) is 2.91. The molecular formula is C18H24N4O3S. The minimum Gasteiger partial charge on any atom is -0.495 e. The van der Waals surface area contributed by atoms with Gasteiger partial charge in [-0.1, -0.05) is 12.1 Å². The Hall–Kier alpha value is -2.16. The summed E-state index contributed by atoms with van der Waals surface area (Å²) in [6.45, 7) is 4.59. The van der Waals surface area contributed by atoms with E-state index in [9.17, 15) is 8.42 Å². The third-order valence-corrected chi connectivity index (χ3v) is 5.91. The Morgan fingerprint density at radius 3 is 2.58 bits per heavy atom. The number of methoxy groups -OCH3 is 1. The number of nitrogens with zero attached hydrogens (tertiary/aromatic N) is 3. The third kappa shape index (κ3) is 4.51. The van der Waals surface area contributed by atoms with Gasteiger partial charge in [-0.15, -0.1) is 0 Å². The maximum atomic E-state index is 12.2. The molecule has 0 unspecified atom stereocenters. The van der Waals surface area contributed by atoms with Crippen LogP contribution in [0.5, 0.6) is 5.75 Å². The number of benzene rings is 1. The number of aromatic nitrogens is 1. The van der Waals surface area contributed by atoms with Crippen molar-refractivity contribution in [3.63, 3.8) is 0 Å². The molecule has 1 aromatic carbocycles.